The molecule has 6 heteroatoms. The van der Waals surface area contributed by atoms with Gasteiger partial charge in [0.2, 0.25) is 0 Å². The largest absolute Gasteiger partial charge is 0.263 e. The lowest BCUT2D eigenvalue weighted by Gasteiger charge is -2.13. The van der Waals surface area contributed by atoms with Crippen molar-refractivity contribution in [3.63, 3.8) is 0 Å². The Bertz CT molecular complexity index is 2700. The van der Waals surface area contributed by atoms with E-state index in [0.29, 0.717) is 0 Å². The van der Waals surface area contributed by atoms with Crippen molar-refractivity contribution < 1.29 is 0 Å². The number of aromatic nitrogens is 6. The summed E-state index contributed by atoms with van der Waals surface area (Å²) in [5.74, 6) is 0. The standard InChI is InChI=1S/C54H36N6/c1-4-22-58-52(7-1)49-28-46(31-55-34-49)40-16-10-37(11-17-40)43-25-44(38-12-18-41(19-13-38)47-29-50(35-56-32-47)53-8-2-5-23-59-53)27-45(26-43)39-14-20-42(21-15-39)48-30-51(36-57-33-48)54-9-3-6-24-60-54/h1-36H. The van der Waals surface area contributed by atoms with Crippen molar-refractivity contribution in [3.8, 4) is 101 Å². The summed E-state index contributed by atoms with van der Waals surface area (Å²) in [4.78, 5) is 27.2. The second kappa shape index (κ2) is 16.3. The molecule has 0 radical (unpaired) electrons. The Balaban J connectivity index is 0.997. The third-order valence-electron chi connectivity index (χ3n) is 10.7. The number of nitrogens with zero attached hydrogens (tertiary/aromatic N) is 6. The molecule has 10 rings (SSSR count). The molecule has 0 amide bonds. The second-order valence-electron chi connectivity index (χ2n) is 14.6. The summed E-state index contributed by atoms with van der Waals surface area (Å²) in [5, 5.41) is 0. The first-order chi connectivity index (χ1) is 29.7. The topological polar surface area (TPSA) is 77.3 Å². The van der Waals surface area contributed by atoms with Gasteiger partial charge in [-0.3, -0.25) is 29.9 Å². The van der Waals surface area contributed by atoms with Gasteiger partial charge < -0.3 is 0 Å². The third-order valence-corrected chi connectivity index (χ3v) is 10.7. The number of benzene rings is 4. The van der Waals surface area contributed by atoms with Crippen molar-refractivity contribution >= 4 is 0 Å². The lowest BCUT2D eigenvalue weighted by Crippen LogP contribution is -1.89. The van der Waals surface area contributed by atoms with Crippen LogP contribution in [-0.4, -0.2) is 29.9 Å². The van der Waals surface area contributed by atoms with Crippen LogP contribution in [0.25, 0.3) is 101 Å². The molecule has 0 bridgehead atoms. The van der Waals surface area contributed by atoms with Crippen LogP contribution in [0.1, 0.15) is 0 Å². The van der Waals surface area contributed by atoms with Gasteiger partial charge in [-0.1, -0.05) is 91.0 Å². The Kier molecular flexibility index (Phi) is 9.84. The van der Waals surface area contributed by atoms with Gasteiger partial charge in [0.15, 0.2) is 0 Å². The molecule has 0 aliphatic heterocycles. The van der Waals surface area contributed by atoms with E-state index >= 15 is 0 Å². The van der Waals surface area contributed by atoms with Crippen LogP contribution < -0.4 is 0 Å². The molecule has 0 aliphatic carbocycles. The van der Waals surface area contributed by atoms with E-state index in [1.54, 1.807) is 0 Å². The summed E-state index contributed by atoms with van der Waals surface area (Å²) < 4.78 is 0. The zero-order chi connectivity index (χ0) is 40.1. The van der Waals surface area contributed by atoms with Gasteiger partial charge in [-0.05, 0) is 123 Å². The molecule has 0 N–H and O–H groups in total. The van der Waals surface area contributed by atoms with Crippen molar-refractivity contribution in [1.29, 1.82) is 0 Å². The van der Waals surface area contributed by atoms with Gasteiger partial charge >= 0.3 is 0 Å². The fourth-order valence-corrected chi connectivity index (χ4v) is 7.51. The average molecular weight is 769 g/mol. The minimum absolute atomic E-state index is 0.901. The van der Waals surface area contributed by atoms with Crippen LogP contribution in [0.4, 0.5) is 0 Å². The fraction of sp³-hybridized carbons (Fsp3) is 0. The molecule has 10 aromatic rings. The molecule has 0 aliphatic rings. The molecule has 6 aromatic heterocycles. The van der Waals surface area contributed by atoms with E-state index in [9.17, 15) is 0 Å². The molecule has 6 nitrogen and oxygen atoms in total. The zero-order valence-electron chi connectivity index (χ0n) is 32.5. The summed E-state index contributed by atoms with van der Waals surface area (Å²) in [7, 11) is 0. The predicted octanol–water partition coefficient (Wildman–Crippen LogP) is 13.1. The molecule has 0 spiro atoms. The maximum absolute atomic E-state index is 4.54. The Morgan fingerprint density at radius 2 is 0.433 bits per heavy atom. The van der Waals surface area contributed by atoms with Crippen molar-refractivity contribution in [3.05, 3.63) is 220 Å². The number of hydrogen-bond donors (Lipinski definition) is 0. The van der Waals surface area contributed by atoms with Crippen molar-refractivity contribution in [1.82, 2.24) is 29.9 Å². The normalized spacial score (nSPS) is 11.0. The van der Waals surface area contributed by atoms with Gasteiger partial charge in [-0.15, -0.1) is 0 Å². The van der Waals surface area contributed by atoms with E-state index in [-0.39, 0.29) is 0 Å². The van der Waals surface area contributed by atoms with Crippen LogP contribution in [0.15, 0.2) is 220 Å². The first-order valence-electron chi connectivity index (χ1n) is 19.8. The Labute approximate surface area is 348 Å². The van der Waals surface area contributed by atoms with Gasteiger partial charge in [0, 0.05) is 89.2 Å². The fourth-order valence-electron chi connectivity index (χ4n) is 7.51. The van der Waals surface area contributed by atoms with Crippen LogP contribution in [0, 0.1) is 0 Å². The van der Waals surface area contributed by atoms with Gasteiger partial charge in [0.25, 0.3) is 0 Å². The molecule has 4 aromatic carbocycles. The molecule has 0 atom stereocenters. The lowest BCUT2D eigenvalue weighted by atomic mass is 9.91. The highest BCUT2D eigenvalue weighted by Crippen LogP contribution is 2.36. The van der Waals surface area contributed by atoms with Crippen molar-refractivity contribution in [2.45, 2.75) is 0 Å². The third kappa shape index (κ3) is 7.73. The Hall–Kier alpha value is -8.22. The highest BCUT2D eigenvalue weighted by molar-refractivity contribution is 5.84. The van der Waals surface area contributed by atoms with Crippen LogP contribution in [-0.2, 0) is 0 Å². The molecule has 0 saturated heterocycles. The Morgan fingerprint density at radius 1 is 0.200 bits per heavy atom. The number of pyridine rings is 6. The van der Waals surface area contributed by atoms with Gasteiger partial charge in [-0.25, -0.2) is 0 Å². The Morgan fingerprint density at radius 3 is 0.683 bits per heavy atom. The first kappa shape index (κ1) is 36.1. The molecule has 0 fully saturated rings. The highest BCUT2D eigenvalue weighted by Gasteiger charge is 2.12. The summed E-state index contributed by atoms with van der Waals surface area (Å²) in [6.45, 7) is 0. The average Bonchev–Trinajstić information content (AvgIpc) is 3.35. The molecule has 6 heterocycles. The maximum atomic E-state index is 4.54. The van der Waals surface area contributed by atoms with Crippen LogP contribution >= 0.6 is 0 Å². The van der Waals surface area contributed by atoms with Gasteiger partial charge in [0.1, 0.15) is 0 Å². The second-order valence-corrected chi connectivity index (χ2v) is 14.6. The smallest absolute Gasteiger partial charge is 0.0717 e. The van der Waals surface area contributed by atoms with E-state index in [2.05, 4.69) is 139 Å². The minimum Gasteiger partial charge on any atom is -0.263 e. The first-order valence-corrected chi connectivity index (χ1v) is 19.8. The summed E-state index contributed by atoms with van der Waals surface area (Å²) in [6, 6.07) is 57.3. The molecule has 0 saturated carbocycles. The van der Waals surface area contributed by atoms with Crippen LogP contribution in [0.5, 0.6) is 0 Å². The van der Waals surface area contributed by atoms with Gasteiger partial charge in [-0.2, -0.15) is 0 Å². The summed E-state index contributed by atoms with van der Waals surface area (Å²) in [5.41, 5.74) is 18.8. The van der Waals surface area contributed by atoms with Crippen LogP contribution in [0.2, 0.25) is 0 Å². The van der Waals surface area contributed by atoms with Crippen LogP contribution in [0.3, 0.4) is 0 Å². The molecule has 0 unspecified atom stereocenters. The van der Waals surface area contributed by atoms with E-state index in [1.165, 1.54) is 0 Å². The summed E-state index contributed by atoms with van der Waals surface area (Å²) in [6.07, 6.45) is 16.7. The molecular formula is C54H36N6. The van der Waals surface area contributed by atoms with E-state index in [4.69, 9.17) is 0 Å². The quantitative estimate of drug-likeness (QED) is 0.145. The van der Waals surface area contributed by atoms with E-state index in [0.717, 1.165) is 101 Å². The number of rotatable bonds is 9. The maximum Gasteiger partial charge on any atom is 0.0717 e. The monoisotopic (exact) mass is 768 g/mol. The molecular weight excluding hydrogens is 733 g/mol. The molecule has 282 valence electrons. The van der Waals surface area contributed by atoms with Crippen molar-refractivity contribution in [2.75, 3.05) is 0 Å². The zero-order valence-corrected chi connectivity index (χ0v) is 32.5. The molecule has 60 heavy (non-hydrogen) atoms. The minimum atomic E-state index is 0.901. The SMILES string of the molecule is c1ccc(-c2cncc(-c3ccc(-c4cc(-c5ccc(-c6cncc(-c7ccccn7)c6)cc5)cc(-c5ccc(-c6cncc(-c7ccccn7)c6)cc5)c4)cc3)c2)nc1. The number of hydrogen-bond acceptors (Lipinski definition) is 6. The van der Waals surface area contributed by atoms with Crippen molar-refractivity contribution in [2.24, 2.45) is 0 Å². The highest BCUT2D eigenvalue weighted by atomic mass is 14.7. The van der Waals surface area contributed by atoms with E-state index < -0.39 is 0 Å². The summed E-state index contributed by atoms with van der Waals surface area (Å²) >= 11 is 0. The lowest BCUT2D eigenvalue weighted by molar-refractivity contribution is 1.28. The van der Waals surface area contributed by atoms with Gasteiger partial charge in [0.05, 0.1) is 17.1 Å². The van der Waals surface area contributed by atoms with E-state index in [1.807, 2.05) is 110 Å². The predicted molar refractivity (Wildman–Crippen MR) is 242 cm³/mol.